The van der Waals surface area contributed by atoms with Crippen LogP contribution >= 0.6 is 11.3 Å². The highest BCUT2D eigenvalue weighted by atomic mass is 32.2. The van der Waals surface area contributed by atoms with Crippen molar-refractivity contribution in [1.29, 1.82) is 0 Å². The minimum Gasteiger partial charge on any atom is -0.301 e. The third-order valence-electron chi connectivity index (χ3n) is 4.25. The molecule has 3 rings (SSSR count). The van der Waals surface area contributed by atoms with Crippen LogP contribution in [0.15, 0.2) is 28.6 Å². The second kappa shape index (κ2) is 7.23. The Morgan fingerprint density at radius 1 is 1.22 bits per heavy atom. The van der Waals surface area contributed by atoms with Crippen LogP contribution in [-0.4, -0.2) is 69.0 Å². The van der Waals surface area contributed by atoms with E-state index in [0.29, 0.717) is 11.4 Å². The van der Waals surface area contributed by atoms with Crippen LogP contribution in [0.25, 0.3) is 10.2 Å². The molecule has 6 nitrogen and oxygen atoms in total. The Balaban J connectivity index is 1.54. The van der Waals surface area contributed by atoms with Gasteiger partial charge in [0.15, 0.2) is 0 Å². The van der Waals surface area contributed by atoms with Gasteiger partial charge in [0.05, 0.1) is 20.6 Å². The summed E-state index contributed by atoms with van der Waals surface area (Å²) in [5.74, 6) is 0. The molecule has 0 unspecified atom stereocenters. The van der Waals surface area contributed by atoms with Crippen LogP contribution < -0.4 is 4.72 Å². The van der Waals surface area contributed by atoms with Crippen molar-refractivity contribution >= 4 is 31.6 Å². The van der Waals surface area contributed by atoms with Gasteiger partial charge in [0.1, 0.15) is 0 Å². The first-order valence-corrected chi connectivity index (χ1v) is 10.2. The Morgan fingerprint density at radius 3 is 2.70 bits per heavy atom. The Labute approximate surface area is 141 Å². The van der Waals surface area contributed by atoms with Gasteiger partial charge in [0.25, 0.3) is 0 Å². The Morgan fingerprint density at radius 2 is 1.96 bits per heavy atom. The van der Waals surface area contributed by atoms with Crippen molar-refractivity contribution < 1.29 is 8.42 Å². The van der Waals surface area contributed by atoms with Crippen molar-refractivity contribution in [3.8, 4) is 0 Å². The van der Waals surface area contributed by atoms with Crippen LogP contribution in [0.2, 0.25) is 0 Å². The lowest BCUT2D eigenvalue weighted by molar-refractivity contribution is 0.139. The molecule has 1 aromatic carbocycles. The third kappa shape index (κ3) is 4.07. The summed E-state index contributed by atoms with van der Waals surface area (Å²) in [7, 11) is -3.45. The predicted octanol–water partition coefficient (Wildman–Crippen LogP) is 1.21. The average molecular weight is 355 g/mol. The number of aromatic nitrogens is 1. The monoisotopic (exact) mass is 354 g/mol. The molecule has 2 aromatic rings. The van der Waals surface area contributed by atoms with E-state index in [0.717, 1.165) is 49.5 Å². The zero-order valence-electron chi connectivity index (χ0n) is 13.2. The lowest BCUT2D eigenvalue weighted by Crippen LogP contribution is -2.48. The summed E-state index contributed by atoms with van der Waals surface area (Å²) < 4.78 is 28.4. The van der Waals surface area contributed by atoms with E-state index in [1.165, 1.54) is 11.3 Å². The first-order valence-electron chi connectivity index (χ1n) is 7.86. The van der Waals surface area contributed by atoms with Crippen molar-refractivity contribution in [3.05, 3.63) is 23.7 Å². The molecule has 8 heteroatoms. The second-order valence-electron chi connectivity index (χ2n) is 5.66. The summed E-state index contributed by atoms with van der Waals surface area (Å²) >= 11 is 1.45. The molecule has 1 fully saturated rings. The van der Waals surface area contributed by atoms with Gasteiger partial charge in [-0.1, -0.05) is 6.92 Å². The van der Waals surface area contributed by atoms with E-state index in [-0.39, 0.29) is 0 Å². The van der Waals surface area contributed by atoms with E-state index in [9.17, 15) is 8.42 Å². The standard InChI is InChI=1S/C15H22N4O2S2/c1-2-18-7-9-19(10-8-18)6-5-17-23(20,21)13-3-4-14-15(11-13)22-12-16-14/h3-4,11-12,17H,2,5-10H2,1H3. The number of benzene rings is 1. The van der Waals surface area contributed by atoms with Crippen molar-refractivity contribution in [2.45, 2.75) is 11.8 Å². The molecule has 0 radical (unpaired) electrons. The number of hydrogen-bond acceptors (Lipinski definition) is 6. The molecule has 2 heterocycles. The molecule has 1 N–H and O–H groups in total. The topological polar surface area (TPSA) is 65.5 Å². The highest BCUT2D eigenvalue weighted by molar-refractivity contribution is 7.89. The maximum absolute atomic E-state index is 12.4. The number of nitrogens with zero attached hydrogens (tertiary/aromatic N) is 3. The van der Waals surface area contributed by atoms with E-state index in [1.54, 1.807) is 23.7 Å². The lowest BCUT2D eigenvalue weighted by atomic mass is 10.3. The minimum atomic E-state index is -3.45. The molecular weight excluding hydrogens is 332 g/mol. The maximum Gasteiger partial charge on any atom is 0.240 e. The van der Waals surface area contributed by atoms with Gasteiger partial charge in [-0.25, -0.2) is 18.1 Å². The number of piperazine rings is 1. The van der Waals surface area contributed by atoms with E-state index >= 15 is 0 Å². The van der Waals surface area contributed by atoms with Crippen molar-refractivity contribution in [1.82, 2.24) is 19.5 Å². The number of likely N-dealkylation sites (N-methyl/N-ethyl adjacent to an activating group) is 1. The predicted molar refractivity (Wildman–Crippen MR) is 93.4 cm³/mol. The van der Waals surface area contributed by atoms with E-state index in [4.69, 9.17) is 0 Å². The molecular formula is C15H22N4O2S2. The van der Waals surface area contributed by atoms with Crippen molar-refractivity contribution in [2.75, 3.05) is 45.8 Å². The largest absolute Gasteiger partial charge is 0.301 e. The Bertz CT molecular complexity index is 752. The quantitative estimate of drug-likeness (QED) is 0.845. The molecule has 0 aliphatic carbocycles. The summed E-state index contributed by atoms with van der Waals surface area (Å²) in [4.78, 5) is 9.20. The van der Waals surface area contributed by atoms with Crippen LogP contribution in [0, 0.1) is 0 Å². The van der Waals surface area contributed by atoms with Crippen LogP contribution in [0.5, 0.6) is 0 Å². The minimum absolute atomic E-state index is 0.310. The van der Waals surface area contributed by atoms with Crippen LogP contribution in [-0.2, 0) is 10.0 Å². The fraction of sp³-hybridized carbons (Fsp3) is 0.533. The molecule has 0 bridgehead atoms. The molecule has 23 heavy (non-hydrogen) atoms. The average Bonchev–Trinajstić information content (AvgIpc) is 3.03. The summed E-state index contributed by atoms with van der Waals surface area (Å²) in [6.07, 6.45) is 0. The number of nitrogens with one attached hydrogen (secondary N) is 1. The van der Waals surface area contributed by atoms with Crippen LogP contribution in [0.1, 0.15) is 6.92 Å². The highest BCUT2D eigenvalue weighted by Crippen LogP contribution is 2.21. The molecule has 1 saturated heterocycles. The second-order valence-corrected chi connectivity index (χ2v) is 8.31. The summed E-state index contributed by atoms with van der Waals surface area (Å²) in [5, 5.41) is 0. The summed E-state index contributed by atoms with van der Waals surface area (Å²) in [5.41, 5.74) is 2.56. The summed E-state index contributed by atoms with van der Waals surface area (Å²) in [6.45, 7) is 8.57. The SMILES string of the molecule is CCN1CCN(CCNS(=O)(=O)c2ccc3ncsc3c2)CC1. The van der Waals surface area contributed by atoms with Crippen LogP contribution in [0.4, 0.5) is 0 Å². The molecule has 126 valence electrons. The van der Waals surface area contributed by atoms with Crippen LogP contribution in [0.3, 0.4) is 0 Å². The molecule has 0 amide bonds. The zero-order chi connectivity index (χ0) is 16.3. The van der Waals surface area contributed by atoms with Gasteiger partial charge in [0, 0.05) is 39.3 Å². The fourth-order valence-corrected chi connectivity index (χ4v) is 4.59. The number of thiazole rings is 1. The van der Waals surface area contributed by atoms with Gasteiger partial charge in [-0.15, -0.1) is 11.3 Å². The summed E-state index contributed by atoms with van der Waals surface area (Å²) in [6, 6.07) is 5.06. The first kappa shape index (κ1) is 16.8. The van der Waals surface area contributed by atoms with Gasteiger partial charge in [-0.05, 0) is 24.7 Å². The number of sulfonamides is 1. The lowest BCUT2D eigenvalue weighted by Gasteiger charge is -2.33. The van der Waals surface area contributed by atoms with E-state index in [2.05, 4.69) is 26.4 Å². The van der Waals surface area contributed by atoms with Gasteiger partial charge in [-0.3, -0.25) is 4.90 Å². The van der Waals surface area contributed by atoms with E-state index < -0.39 is 10.0 Å². The fourth-order valence-electron chi connectivity index (χ4n) is 2.75. The van der Waals surface area contributed by atoms with Gasteiger partial charge < -0.3 is 4.90 Å². The molecule has 1 aliphatic rings. The Hall–Kier alpha value is -1.06. The third-order valence-corrected chi connectivity index (χ3v) is 6.50. The molecule has 1 aliphatic heterocycles. The number of rotatable bonds is 6. The maximum atomic E-state index is 12.4. The highest BCUT2D eigenvalue weighted by Gasteiger charge is 2.18. The molecule has 0 saturated carbocycles. The molecule has 1 aromatic heterocycles. The normalized spacial score (nSPS) is 17.8. The van der Waals surface area contributed by atoms with Crippen molar-refractivity contribution in [2.24, 2.45) is 0 Å². The van der Waals surface area contributed by atoms with Gasteiger partial charge in [0.2, 0.25) is 10.0 Å². The number of hydrogen-bond donors (Lipinski definition) is 1. The number of fused-ring (bicyclic) bond motifs is 1. The van der Waals surface area contributed by atoms with Gasteiger partial charge >= 0.3 is 0 Å². The van der Waals surface area contributed by atoms with Gasteiger partial charge in [-0.2, -0.15) is 0 Å². The zero-order valence-corrected chi connectivity index (χ0v) is 14.9. The smallest absolute Gasteiger partial charge is 0.240 e. The molecule has 0 atom stereocenters. The molecule has 0 spiro atoms. The van der Waals surface area contributed by atoms with Crippen molar-refractivity contribution in [3.63, 3.8) is 0 Å². The Kier molecular flexibility index (Phi) is 5.27. The van der Waals surface area contributed by atoms with E-state index in [1.807, 2.05) is 0 Å². The first-order chi connectivity index (χ1) is 11.1.